The molecule has 4 nitrogen and oxygen atoms in total. The molecule has 2 aliphatic carbocycles. The van der Waals surface area contributed by atoms with Gasteiger partial charge in [-0.2, -0.15) is 0 Å². The van der Waals surface area contributed by atoms with Gasteiger partial charge < -0.3 is 9.88 Å². The lowest BCUT2D eigenvalue weighted by Gasteiger charge is -2.29. The van der Waals surface area contributed by atoms with Crippen LogP contribution < -0.4 is 5.32 Å². The van der Waals surface area contributed by atoms with E-state index >= 15 is 0 Å². The lowest BCUT2D eigenvalue weighted by atomic mass is 9.86. The van der Waals surface area contributed by atoms with Crippen molar-refractivity contribution >= 4 is 82.0 Å². The Bertz CT molecular complexity index is 2510. The van der Waals surface area contributed by atoms with E-state index in [1.807, 2.05) is 17.5 Å². The van der Waals surface area contributed by atoms with Crippen molar-refractivity contribution < 1.29 is 0 Å². The number of aromatic nitrogens is 2. The van der Waals surface area contributed by atoms with Gasteiger partial charge in [-0.15, -0.1) is 11.3 Å². The third kappa shape index (κ3) is 3.68. The van der Waals surface area contributed by atoms with Crippen LogP contribution in [0, 0.1) is 5.92 Å². The molecule has 4 heterocycles. The first-order valence-corrected chi connectivity index (χ1v) is 16.7. The smallest absolute Gasteiger partial charge is 0.208 e. The Morgan fingerprint density at radius 1 is 0.711 bits per heavy atom. The number of nitrogens with one attached hydrogen (secondary N) is 1. The zero-order valence-corrected chi connectivity index (χ0v) is 25.5. The molecule has 1 N–H and O–H groups in total. The Morgan fingerprint density at radius 2 is 1.51 bits per heavy atom. The summed E-state index contributed by atoms with van der Waals surface area (Å²) in [4.78, 5) is 4.95. The van der Waals surface area contributed by atoms with E-state index in [2.05, 4.69) is 136 Å². The quantitative estimate of drug-likeness (QED) is 0.211. The van der Waals surface area contributed by atoms with Crippen molar-refractivity contribution in [2.45, 2.75) is 25.3 Å². The predicted molar refractivity (Wildman–Crippen MR) is 192 cm³/mol. The summed E-state index contributed by atoms with van der Waals surface area (Å²) in [5.74, 6) is 1.19. The maximum Gasteiger partial charge on any atom is 0.208 e. The Hall–Kier alpha value is -5.13. The largest absolute Gasteiger partial charge is 0.348 e. The number of hydrogen-bond acceptors (Lipinski definition) is 3. The fraction of sp³-hybridized carbons (Fsp3) is 0.125. The molecule has 0 amide bonds. The van der Waals surface area contributed by atoms with Crippen molar-refractivity contribution in [3.63, 3.8) is 0 Å². The van der Waals surface area contributed by atoms with Crippen molar-refractivity contribution in [1.82, 2.24) is 14.5 Å². The Labute approximate surface area is 264 Å². The van der Waals surface area contributed by atoms with Crippen LogP contribution >= 0.6 is 11.3 Å². The molecule has 3 aliphatic rings. The van der Waals surface area contributed by atoms with Gasteiger partial charge in [-0.25, -0.2) is 4.99 Å². The summed E-state index contributed by atoms with van der Waals surface area (Å²) in [7, 11) is 0. The SMILES string of the molecule is C1=CC(n2c3c(c4ccccc42)CC(C2C=CN=C(n4c5ccccc5c5c6sc7ccccc7c6ccc54)N2)C=C3)=CCC1. The van der Waals surface area contributed by atoms with Crippen molar-refractivity contribution in [2.75, 3.05) is 0 Å². The molecule has 1 aliphatic heterocycles. The fourth-order valence-electron chi connectivity index (χ4n) is 7.80. The van der Waals surface area contributed by atoms with E-state index in [-0.39, 0.29) is 6.04 Å². The third-order valence-corrected chi connectivity index (χ3v) is 11.0. The number of benzene rings is 4. The molecule has 45 heavy (non-hydrogen) atoms. The molecule has 0 fully saturated rings. The van der Waals surface area contributed by atoms with Crippen molar-refractivity contribution in [2.24, 2.45) is 10.9 Å². The number of fused-ring (bicyclic) bond motifs is 10. The summed E-state index contributed by atoms with van der Waals surface area (Å²) < 4.78 is 7.45. The molecular weight excluding hydrogens is 569 g/mol. The molecule has 0 bridgehead atoms. The van der Waals surface area contributed by atoms with Gasteiger partial charge in [0.15, 0.2) is 0 Å². The number of para-hydroxylation sites is 2. The van der Waals surface area contributed by atoms with Crippen LogP contribution in [0.15, 0.2) is 127 Å². The van der Waals surface area contributed by atoms with Crippen LogP contribution in [0.2, 0.25) is 0 Å². The van der Waals surface area contributed by atoms with Gasteiger partial charge in [0.1, 0.15) is 0 Å². The van der Waals surface area contributed by atoms with Crippen LogP contribution in [0.3, 0.4) is 0 Å². The number of aliphatic imine (C=N–C) groups is 1. The highest BCUT2D eigenvalue weighted by Crippen LogP contribution is 2.43. The number of nitrogens with zero attached hydrogens (tertiary/aromatic N) is 3. The highest BCUT2D eigenvalue weighted by Gasteiger charge is 2.29. The fourth-order valence-corrected chi connectivity index (χ4v) is 9.06. The summed E-state index contributed by atoms with van der Waals surface area (Å²) in [5.41, 5.74) is 7.68. The van der Waals surface area contributed by atoms with Crippen LogP contribution in [-0.4, -0.2) is 21.1 Å². The molecule has 0 spiro atoms. The van der Waals surface area contributed by atoms with Crippen LogP contribution in [-0.2, 0) is 6.42 Å². The second-order valence-corrected chi connectivity index (χ2v) is 13.4. The van der Waals surface area contributed by atoms with Gasteiger partial charge in [-0.3, -0.25) is 4.57 Å². The van der Waals surface area contributed by atoms with E-state index in [0.29, 0.717) is 5.92 Å². The van der Waals surface area contributed by atoms with Crippen molar-refractivity contribution in [1.29, 1.82) is 0 Å². The van der Waals surface area contributed by atoms with Gasteiger partial charge in [0.05, 0.1) is 22.6 Å². The van der Waals surface area contributed by atoms with E-state index in [1.165, 1.54) is 69.8 Å². The Kier molecular flexibility index (Phi) is 5.43. The average molecular weight is 599 g/mol. The standard InChI is InChI=1S/C40H30N4S/c1-2-10-26(11-3-1)43-33-15-7-4-12-27(33)31-24-25(18-20-35(31)43)32-22-23-41-40(42-32)44-34-16-8-5-14-30(34)38-36(44)21-19-29-28-13-6-9-17-37(28)45-39(29)38/h2,4-23,25,32H,1,3,24H2,(H,41,42). The molecule has 10 rings (SSSR count). The van der Waals surface area contributed by atoms with Crippen LogP contribution in [0.1, 0.15) is 24.1 Å². The molecule has 0 radical (unpaired) electrons. The average Bonchev–Trinajstić information content (AvgIpc) is 3.76. The summed E-state index contributed by atoms with van der Waals surface area (Å²) in [5, 5.41) is 10.5. The van der Waals surface area contributed by atoms with Gasteiger partial charge in [0.2, 0.25) is 5.96 Å². The highest BCUT2D eigenvalue weighted by molar-refractivity contribution is 7.26. The lowest BCUT2D eigenvalue weighted by Crippen LogP contribution is -2.44. The number of rotatable bonds is 2. The maximum absolute atomic E-state index is 4.95. The highest BCUT2D eigenvalue weighted by atomic mass is 32.1. The van der Waals surface area contributed by atoms with Gasteiger partial charge in [-0.1, -0.05) is 78.9 Å². The number of thiophene rings is 1. The van der Waals surface area contributed by atoms with Gasteiger partial charge >= 0.3 is 0 Å². The first-order chi connectivity index (χ1) is 22.3. The number of allylic oxidation sites excluding steroid dienone is 4. The van der Waals surface area contributed by atoms with E-state index in [0.717, 1.165) is 25.2 Å². The maximum atomic E-state index is 4.95. The predicted octanol–water partition coefficient (Wildman–Crippen LogP) is 9.88. The molecule has 0 saturated carbocycles. The molecule has 4 aromatic carbocycles. The van der Waals surface area contributed by atoms with Gasteiger partial charge in [0, 0.05) is 59.8 Å². The zero-order chi connectivity index (χ0) is 29.5. The van der Waals surface area contributed by atoms with Crippen LogP contribution in [0.25, 0.3) is 64.7 Å². The topological polar surface area (TPSA) is 34.2 Å². The molecule has 0 saturated heterocycles. The van der Waals surface area contributed by atoms with Crippen LogP contribution in [0.5, 0.6) is 0 Å². The van der Waals surface area contributed by atoms with Crippen molar-refractivity contribution in [3.8, 4) is 0 Å². The molecule has 3 aromatic heterocycles. The third-order valence-electron chi connectivity index (χ3n) is 9.83. The molecule has 5 heteroatoms. The number of hydrogen-bond donors (Lipinski definition) is 1. The summed E-state index contributed by atoms with van der Waals surface area (Å²) in [6, 6.07) is 31.1. The minimum Gasteiger partial charge on any atom is -0.348 e. The molecular formula is C40H30N4S. The van der Waals surface area contributed by atoms with Gasteiger partial charge in [-0.05, 0) is 67.3 Å². The molecule has 2 atom stereocenters. The lowest BCUT2D eigenvalue weighted by molar-refractivity contribution is 0.522. The minimum atomic E-state index is 0.127. The minimum absolute atomic E-state index is 0.127. The summed E-state index contributed by atoms with van der Waals surface area (Å²) in [6.07, 6.45) is 19.1. The van der Waals surface area contributed by atoms with Crippen LogP contribution in [0.4, 0.5) is 0 Å². The van der Waals surface area contributed by atoms with Crippen molar-refractivity contribution in [3.05, 3.63) is 133 Å². The summed E-state index contributed by atoms with van der Waals surface area (Å²) >= 11 is 1.89. The second kappa shape index (κ2) is 9.68. The van der Waals surface area contributed by atoms with E-state index in [9.17, 15) is 0 Å². The first kappa shape index (κ1) is 25.2. The van der Waals surface area contributed by atoms with E-state index in [4.69, 9.17) is 4.99 Å². The second-order valence-electron chi connectivity index (χ2n) is 12.3. The Morgan fingerprint density at radius 3 is 2.38 bits per heavy atom. The molecule has 7 aromatic rings. The van der Waals surface area contributed by atoms with Gasteiger partial charge in [0.25, 0.3) is 0 Å². The van der Waals surface area contributed by atoms with E-state index < -0.39 is 0 Å². The molecule has 2 unspecified atom stereocenters. The zero-order valence-electron chi connectivity index (χ0n) is 24.7. The monoisotopic (exact) mass is 598 g/mol. The van der Waals surface area contributed by atoms with E-state index in [1.54, 1.807) is 0 Å². The normalized spacial score (nSPS) is 19.5. The Balaban J connectivity index is 1.06. The summed E-state index contributed by atoms with van der Waals surface area (Å²) in [6.45, 7) is 0. The molecule has 216 valence electrons. The first-order valence-electron chi connectivity index (χ1n) is 15.9.